The maximum Gasteiger partial charge on any atom is 0.135 e. The Labute approximate surface area is 254 Å². The van der Waals surface area contributed by atoms with Crippen molar-refractivity contribution >= 4 is 71.4 Å². The van der Waals surface area contributed by atoms with Crippen molar-refractivity contribution in [1.82, 2.24) is 4.98 Å². The Morgan fingerprint density at radius 3 is 2.02 bits per heavy atom. The van der Waals surface area contributed by atoms with Crippen molar-refractivity contribution in [2.45, 2.75) is 0 Å². The molecule has 0 aliphatic rings. The summed E-state index contributed by atoms with van der Waals surface area (Å²) in [4.78, 5) is 7.41. The zero-order valence-electron chi connectivity index (χ0n) is 23.8. The van der Waals surface area contributed by atoms with Crippen molar-refractivity contribution in [1.29, 1.82) is 0 Å². The molecule has 2 heterocycles. The first kappa shape index (κ1) is 24.6. The summed E-state index contributed by atoms with van der Waals surface area (Å²) in [6, 6.07) is 55.6. The molecule has 44 heavy (non-hydrogen) atoms. The maximum absolute atomic E-state index is 6.15. The van der Waals surface area contributed by atoms with Crippen LogP contribution in [0.3, 0.4) is 0 Å². The van der Waals surface area contributed by atoms with Crippen LogP contribution in [0.25, 0.3) is 65.6 Å². The summed E-state index contributed by atoms with van der Waals surface area (Å²) in [5.74, 6) is 0. The third-order valence-corrected chi connectivity index (χ3v) is 8.61. The van der Waals surface area contributed by atoms with Crippen LogP contribution in [-0.4, -0.2) is 4.98 Å². The Bertz CT molecular complexity index is 2510. The fourth-order valence-electron chi connectivity index (χ4n) is 6.55. The Kier molecular flexibility index (Phi) is 5.50. The summed E-state index contributed by atoms with van der Waals surface area (Å²) in [5.41, 5.74) is 8.16. The fourth-order valence-corrected chi connectivity index (χ4v) is 6.55. The lowest BCUT2D eigenvalue weighted by atomic mass is 9.94. The zero-order chi connectivity index (χ0) is 29.0. The molecule has 0 N–H and O–H groups in total. The number of aromatic nitrogens is 1. The van der Waals surface area contributed by atoms with Gasteiger partial charge in [0.2, 0.25) is 0 Å². The molecule has 0 saturated heterocycles. The molecule has 0 radical (unpaired) electrons. The molecule has 2 aromatic heterocycles. The van der Waals surface area contributed by atoms with Gasteiger partial charge >= 0.3 is 0 Å². The first-order chi connectivity index (χ1) is 21.8. The molecule has 9 aromatic rings. The molecule has 3 nitrogen and oxygen atoms in total. The van der Waals surface area contributed by atoms with Gasteiger partial charge in [0, 0.05) is 38.8 Å². The summed E-state index contributed by atoms with van der Waals surface area (Å²) >= 11 is 0. The predicted molar refractivity (Wildman–Crippen MR) is 184 cm³/mol. The maximum atomic E-state index is 6.15. The van der Waals surface area contributed by atoms with E-state index in [9.17, 15) is 0 Å². The average molecular weight is 563 g/mol. The first-order valence-corrected chi connectivity index (χ1v) is 14.9. The van der Waals surface area contributed by atoms with Crippen LogP contribution in [-0.2, 0) is 0 Å². The van der Waals surface area contributed by atoms with Crippen LogP contribution >= 0.6 is 0 Å². The van der Waals surface area contributed by atoms with Crippen molar-refractivity contribution < 1.29 is 4.42 Å². The van der Waals surface area contributed by atoms with Crippen LogP contribution in [0.2, 0.25) is 0 Å². The van der Waals surface area contributed by atoms with Gasteiger partial charge in [0.05, 0.1) is 11.2 Å². The quantitative estimate of drug-likeness (QED) is 0.200. The van der Waals surface area contributed by atoms with Crippen LogP contribution in [0.5, 0.6) is 0 Å². The summed E-state index contributed by atoms with van der Waals surface area (Å²) in [6.07, 6.45) is 0. The largest absolute Gasteiger partial charge is 0.456 e. The van der Waals surface area contributed by atoms with E-state index in [1.54, 1.807) is 0 Å². The second-order valence-corrected chi connectivity index (χ2v) is 11.2. The Balaban J connectivity index is 1.27. The van der Waals surface area contributed by atoms with Gasteiger partial charge in [-0.15, -0.1) is 0 Å². The molecule has 0 aliphatic carbocycles. The highest BCUT2D eigenvalue weighted by Gasteiger charge is 2.17. The minimum Gasteiger partial charge on any atom is -0.456 e. The van der Waals surface area contributed by atoms with Gasteiger partial charge in [0.25, 0.3) is 0 Å². The number of pyridine rings is 1. The lowest BCUT2D eigenvalue weighted by Crippen LogP contribution is -2.09. The number of para-hydroxylation sites is 3. The normalized spacial score (nSPS) is 11.6. The van der Waals surface area contributed by atoms with Crippen molar-refractivity contribution in [3.8, 4) is 11.3 Å². The SMILES string of the molecule is c1ccc(N(c2ccc3c(c2)cc(-c2ccc4ccccc4n2)c2ccccc23)c2ccc3oc4ccccc4c3c2)cc1. The van der Waals surface area contributed by atoms with E-state index >= 15 is 0 Å². The second kappa shape index (κ2) is 9.82. The van der Waals surface area contributed by atoms with Crippen LogP contribution in [0.4, 0.5) is 17.1 Å². The van der Waals surface area contributed by atoms with Gasteiger partial charge in [0.1, 0.15) is 11.2 Å². The minimum atomic E-state index is 0.889. The topological polar surface area (TPSA) is 29.3 Å². The summed E-state index contributed by atoms with van der Waals surface area (Å²) < 4.78 is 6.15. The average Bonchev–Trinajstić information content (AvgIpc) is 3.46. The van der Waals surface area contributed by atoms with E-state index in [4.69, 9.17) is 9.40 Å². The lowest BCUT2D eigenvalue weighted by Gasteiger charge is -2.26. The minimum absolute atomic E-state index is 0.889. The number of nitrogens with zero attached hydrogens (tertiary/aromatic N) is 2. The Morgan fingerprint density at radius 2 is 1.11 bits per heavy atom. The van der Waals surface area contributed by atoms with Gasteiger partial charge in [-0.25, -0.2) is 4.98 Å². The van der Waals surface area contributed by atoms with E-state index in [1.807, 2.05) is 18.2 Å². The molecule has 7 aromatic carbocycles. The standard InChI is InChI=1S/C41H26N2O/c1-2-11-29(12-3-1)43(31-20-23-41-37(26-31)35-15-7-9-17-40(35)44-41)30-19-21-32-28(24-30)25-36(34-14-6-5-13-33(32)34)39-22-18-27-10-4-8-16-38(27)42-39/h1-26H. The molecular weight excluding hydrogens is 536 g/mol. The molecular formula is C41H26N2O. The number of hydrogen-bond acceptors (Lipinski definition) is 3. The zero-order valence-corrected chi connectivity index (χ0v) is 23.8. The van der Waals surface area contributed by atoms with Crippen LogP contribution < -0.4 is 4.90 Å². The predicted octanol–water partition coefficient (Wildman–Crippen LogP) is 11.6. The highest BCUT2D eigenvalue weighted by atomic mass is 16.3. The van der Waals surface area contributed by atoms with Crippen molar-refractivity contribution in [2.75, 3.05) is 4.90 Å². The molecule has 0 amide bonds. The summed E-state index contributed by atoms with van der Waals surface area (Å²) in [6.45, 7) is 0. The third kappa shape index (κ3) is 3.94. The van der Waals surface area contributed by atoms with Gasteiger partial charge in [0.15, 0.2) is 0 Å². The van der Waals surface area contributed by atoms with Crippen molar-refractivity contribution in [3.63, 3.8) is 0 Å². The molecule has 0 spiro atoms. The number of rotatable bonds is 4. The highest BCUT2D eigenvalue weighted by Crippen LogP contribution is 2.41. The van der Waals surface area contributed by atoms with E-state index in [2.05, 4.69) is 144 Å². The van der Waals surface area contributed by atoms with Gasteiger partial charge in [-0.3, -0.25) is 0 Å². The molecule has 0 atom stereocenters. The smallest absolute Gasteiger partial charge is 0.135 e. The molecule has 0 fully saturated rings. The molecule has 0 aliphatic heterocycles. The van der Waals surface area contributed by atoms with Gasteiger partial charge in [-0.05, 0) is 88.3 Å². The molecule has 0 bridgehead atoms. The number of hydrogen-bond donors (Lipinski definition) is 0. The monoisotopic (exact) mass is 562 g/mol. The molecule has 206 valence electrons. The van der Waals surface area contributed by atoms with E-state index in [0.717, 1.165) is 61.2 Å². The highest BCUT2D eigenvalue weighted by molar-refractivity contribution is 6.14. The Morgan fingerprint density at radius 1 is 0.409 bits per heavy atom. The summed E-state index contributed by atoms with van der Waals surface area (Å²) in [7, 11) is 0. The number of benzene rings is 7. The van der Waals surface area contributed by atoms with E-state index in [-0.39, 0.29) is 0 Å². The molecule has 0 saturated carbocycles. The van der Waals surface area contributed by atoms with Gasteiger partial charge in [-0.1, -0.05) is 91.0 Å². The van der Waals surface area contributed by atoms with Crippen molar-refractivity contribution in [3.05, 3.63) is 158 Å². The van der Waals surface area contributed by atoms with E-state index in [0.29, 0.717) is 0 Å². The van der Waals surface area contributed by atoms with Crippen molar-refractivity contribution in [2.24, 2.45) is 0 Å². The van der Waals surface area contributed by atoms with Crippen LogP contribution in [0.1, 0.15) is 0 Å². The van der Waals surface area contributed by atoms with Crippen LogP contribution in [0, 0.1) is 0 Å². The lowest BCUT2D eigenvalue weighted by molar-refractivity contribution is 0.669. The first-order valence-electron chi connectivity index (χ1n) is 14.9. The number of anilines is 3. The van der Waals surface area contributed by atoms with Gasteiger partial charge in [-0.2, -0.15) is 0 Å². The second-order valence-electron chi connectivity index (χ2n) is 11.2. The van der Waals surface area contributed by atoms with E-state index < -0.39 is 0 Å². The number of fused-ring (bicyclic) bond motifs is 7. The number of furan rings is 1. The molecule has 9 rings (SSSR count). The van der Waals surface area contributed by atoms with E-state index in [1.165, 1.54) is 21.5 Å². The van der Waals surface area contributed by atoms with Crippen LogP contribution in [0.15, 0.2) is 162 Å². The summed E-state index contributed by atoms with van der Waals surface area (Å²) in [5, 5.41) is 8.18. The van der Waals surface area contributed by atoms with Gasteiger partial charge < -0.3 is 9.32 Å². The molecule has 0 unspecified atom stereocenters. The Hall–Kier alpha value is -5.93. The third-order valence-electron chi connectivity index (χ3n) is 8.61. The molecule has 3 heteroatoms. The fraction of sp³-hybridized carbons (Fsp3) is 0.